The number of fused-ring (bicyclic) bond motifs is 1. The summed E-state index contributed by atoms with van der Waals surface area (Å²) in [5, 5.41) is 13.8. The Morgan fingerprint density at radius 3 is 2.59 bits per heavy atom. The van der Waals surface area contributed by atoms with Crippen LogP contribution in [0.5, 0.6) is 5.75 Å². The van der Waals surface area contributed by atoms with E-state index in [1.807, 2.05) is 36.4 Å². The topological polar surface area (TPSA) is 23.5 Å². The number of phenolic OH excluding ortho intramolecular Hbond substituents is 1. The maximum absolute atomic E-state index is 10.9. The van der Waals surface area contributed by atoms with Gasteiger partial charge in [0, 0.05) is 15.1 Å². The number of aromatic hydroxyl groups is 1. The van der Waals surface area contributed by atoms with E-state index in [1.54, 1.807) is 0 Å². The Morgan fingerprint density at radius 2 is 1.85 bits per heavy atom. The fourth-order valence-corrected chi connectivity index (χ4v) is 4.70. The van der Waals surface area contributed by atoms with Crippen molar-refractivity contribution in [2.45, 2.75) is 25.8 Å². The Balaban J connectivity index is 1.91. The molecule has 0 aliphatic carbocycles. The molecule has 0 saturated carbocycles. The molecule has 140 valence electrons. The van der Waals surface area contributed by atoms with E-state index in [0.717, 1.165) is 50.4 Å². The molecule has 3 aromatic carbocycles. The number of piperidine rings is 1. The predicted octanol–water partition coefficient (Wildman–Crippen LogP) is 6.78. The third-order valence-electron chi connectivity index (χ3n) is 5.62. The minimum Gasteiger partial charge on any atom is -0.508 e. The van der Waals surface area contributed by atoms with Crippen molar-refractivity contribution in [2.24, 2.45) is 5.92 Å². The normalized spacial score (nSPS) is 17.3. The molecule has 1 atom stereocenters. The molecule has 4 rings (SSSR count). The molecule has 1 unspecified atom stereocenters. The highest BCUT2D eigenvalue weighted by molar-refractivity contribution is 9.10. The zero-order valence-corrected chi connectivity index (χ0v) is 17.7. The highest BCUT2D eigenvalue weighted by Gasteiger charge is 2.29. The van der Waals surface area contributed by atoms with Crippen LogP contribution in [-0.2, 0) is 0 Å². The largest absolute Gasteiger partial charge is 0.508 e. The number of likely N-dealkylation sites (tertiary alicyclic amines) is 1. The average molecular weight is 445 g/mol. The number of nitrogens with zero attached hydrogens (tertiary/aromatic N) is 1. The Kier molecular flexibility index (Phi) is 5.45. The van der Waals surface area contributed by atoms with Gasteiger partial charge in [-0.2, -0.15) is 0 Å². The van der Waals surface area contributed by atoms with Gasteiger partial charge < -0.3 is 5.11 Å². The van der Waals surface area contributed by atoms with Crippen LogP contribution < -0.4 is 0 Å². The Bertz CT molecular complexity index is 966. The van der Waals surface area contributed by atoms with E-state index in [9.17, 15) is 5.11 Å². The lowest BCUT2D eigenvalue weighted by Gasteiger charge is -2.38. The molecule has 1 saturated heterocycles. The molecule has 1 heterocycles. The first-order valence-electron chi connectivity index (χ1n) is 9.43. The van der Waals surface area contributed by atoms with Gasteiger partial charge in [-0.3, -0.25) is 4.90 Å². The number of hydrogen-bond donors (Lipinski definition) is 1. The maximum atomic E-state index is 10.9. The number of rotatable bonds is 3. The lowest BCUT2D eigenvalue weighted by atomic mass is 9.89. The quantitative estimate of drug-likeness (QED) is 0.481. The zero-order chi connectivity index (χ0) is 19.0. The summed E-state index contributed by atoms with van der Waals surface area (Å²) in [4.78, 5) is 2.49. The van der Waals surface area contributed by atoms with Crippen LogP contribution in [0.15, 0.2) is 59.1 Å². The Labute approximate surface area is 173 Å². The molecule has 1 N–H and O–H groups in total. The molecular formula is C23H23BrClNO. The van der Waals surface area contributed by atoms with Gasteiger partial charge in [-0.15, -0.1) is 0 Å². The first-order chi connectivity index (χ1) is 13.0. The van der Waals surface area contributed by atoms with E-state index in [-0.39, 0.29) is 6.04 Å². The molecule has 2 nitrogen and oxygen atoms in total. The predicted molar refractivity (Wildman–Crippen MR) is 117 cm³/mol. The van der Waals surface area contributed by atoms with Crippen LogP contribution >= 0.6 is 27.5 Å². The number of phenols is 1. The number of benzene rings is 3. The molecule has 0 radical (unpaired) electrons. The van der Waals surface area contributed by atoms with Gasteiger partial charge in [0.15, 0.2) is 0 Å². The minimum absolute atomic E-state index is 0.0129. The van der Waals surface area contributed by atoms with Crippen molar-refractivity contribution in [2.75, 3.05) is 13.1 Å². The molecule has 1 fully saturated rings. The van der Waals surface area contributed by atoms with E-state index in [4.69, 9.17) is 11.6 Å². The third kappa shape index (κ3) is 3.87. The smallest absolute Gasteiger partial charge is 0.121 e. The Morgan fingerprint density at radius 1 is 1.07 bits per heavy atom. The van der Waals surface area contributed by atoms with Crippen LogP contribution in [0.4, 0.5) is 0 Å². The lowest BCUT2D eigenvalue weighted by Crippen LogP contribution is -2.36. The van der Waals surface area contributed by atoms with Crippen molar-refractivity contribution in [3.8, 4) is 5.75 Å². The summed E-state index contributed by atoms with van der Waals surface area (Å²) in [7, 11) is 0. The molecule has 0 aromatic heterocycles. The SMILES string of the molecule is CC1CCN(C(c2cccc(Cl)c2)c2c(O)ccc3cc(Br)ccc23)CC1. The van der Waals surface area contributed by atoms with E-state index in [2.05, 4.69) is 46.0 Å². The summed E-state index contributed by atoms with van der Waals surface area (Å²) >= 11 is 9.89. The highest BCUT2D eigenvalue weighted by atomic mass is 79.9. The van der Waals surface area contributed by atoms with Crippen molar-refractivity contribution in [3.63, 3.8) is 0 Å². The standard InChI is InChI=1S/C23H23BrClNO/c1-15-9-11-26(12-10-15)23(17-3-2-4-19(25)14-17)22-20-7-6-18(24)13-16(20)5-8-21(22)27/h2-8,13-15,23,27H,9-12H2,1H3. The van der Waals surface area contributed by atoms with Crippen LogP contribution in [0.3, 0.4) is 0 Å². The van der Waals surface area contributed by atoms with Gasteiger partial charge in [-0.25, -0.2) is 0 Å². The second-order valence-corrected chi connectivity index (χ2v) is 8.89. The molecule has 3 aromatic rings. The fraction of sp³-hybridized carbons (Fsp3) is 0.304. The van der Waals surface area contributed by atoms with Crippen LogP contribution in [0, 0.1) is 5.92 Å². The van der Waals surface area contributed by atoms with Crippen molar-refractivity contribution in [1.82, 2.24) is 4.90 Å². The summed E-state index contributed by atoms with van der Waals surface area (Å²) in [6, 6.07) is 18.1. The average Bonchev–Trinajstić information content (AvgIpc) is 2.65. The van der Waals surface area contributed by atoms with Crippen molar-refractivity contribution in [3.05, 3.63) is 75.2 Å². The van der Waals surface area contributed by atoms with E-state index in [0.29, 0.717) is 5.75 Å². The number of hydrogen-bond acceptors (Lipinski definition) is 2. The molecule has 0 spiro atoms. The van der Waals surface area contributed by atoms with Gasteiger partial charge in [0.2, 0.25) is 0 Å². The van der Waals surface area contributed by atoms with Gasteiger partial charge in [0.05, 0.1) is 6.04 Å². The lowest BCUT2D eigenvalue weighted by molar-refractivity contribution is 0.156. The molecule has 0 amide bonds. The molecule has 4 heteroatoms. The van der Waals surface area contributed by atoms with Crippen molar-refractivity contribution >= 4 is 38.3 Å². The minimum atomic E-state index is -0.0129. The van der Waals surface area contributed by atoms with Crippen LogP contribution in [0.1, 0.15) is 36.9 Å². The first-order valence-corrected chi connectivity index (χ1v) is 10.6. The first kappa shape index (κ1) is 18.8. The second-order valence-electron chi connectivity index (χ2n) is 7.54. The summed E-state index contributed by atoms with van der Waals surface area (Å²) in [5.41, 5.74) is 2.10. The Hall–Kier alpha value is -1.55. The molecule has 1 aliphatic heterocycles. The van der Waals surface area contributed by atoms with Gasteiger partial charge in [0.1, 0.15) is 5.75 Å². The summed E-state index contributed by atoms with van der Waals surface area (Å²) in [6.45, 7) is 4.36. The molecule has 0 bridgehead atoms. The number of halogens is 2. The van der Waals surface area contributed by atoms with Crippen LogP contribution in [0.2, 0.25) is 5.02 Å². The second kappa shape index (κ2) is 7.83. The van der Waals surface area contributed by atoms with Crippen LogP contribution in [0.25, 0.3) is 10.8 Å². The maximum Gasteiger partial charge on any atom is 0.121 e. The van der Waals surface area contributed by atoms with Crippen molar-refractivity contribution in [1.29, 1.82) is 0 Å². The van der Waals surface area contributed by atoms with E-state index < -0.39 is 0 Å². The van der Waals surface area contributed by atoms with Gasteiger partial charge >= 0.3 is 0 Å². The van der Waals surface area contributed by atoms with Gasteiger partial charge in [-0.1, -0.05) is 58.7 Å². The molecule has 27 heavy (non-hydrogen) atoms. The van der Waals surface area contributed by atoms with Crippen LogP contribution in [-0.4, -0.2) is 23.1 Å². The van der Waals surface area contributed by atoms with Gasteiger partial charge in [0.25, 0.3) is 0 Å². The monoisotopic (exact) mass is 443 g/mol. The van der Waals surface area contributed by atoms with Gasteiger partial charge in [-0.05, 0) is 78.5 Å². The summed E-state index contributed by atoms with van der Waals surface area (Å²) in [6.07, 6.45) is 2.35. The zero-order valence-electron chi connectivity index (χ0n) is 15.3. The molecular weight excluding hydrogens is 422 g/mol. The van der Waals surface area contributed by atoms with E-state index in [1.165, 1.54) is 12.8 Å². The summed E-state index contributed by atoms with van der Waals surface area (Å²) in [5.74, 6) is 1.09. The highest BCUT2D eigenvalue weighted by Crippen LogP contribution is 2.41. The summed E-state index contributed by atoms with van der Waals surface area (Å²) < 4.78 is 1.04. The molecule has 1 aliphatic rings. The fourth-order valence-electron chi connectivity index (χ4n) is 4.12. The van der Waals surface area contributed by atoms with Crippen molar-refractivity contribution < 1.29 is 5.11 Å². The van der Waals surface area contributed by atoms with E-state index >= 15 is 0 Å². The third-order valence-corrected chi connectivity index (χ3v) is 6.35.